The average Bonchev–Trinajstić information content (AvgIpc) is 3.41. The largest absolute Gasteiger partial charge is 0.493 e. The minimum atomic E-state index is -1.20. The third kappa shape index (κ3) is 7.36. The van der Waals surface area contributed by atoms with E-state index in [0.717, 1.165) is 45.7 Å². The van der Waals surface area contributed by atoms with E-state index in [1.165, 1.54) is 0 Å². The van der Waals surface area contributed by atoms with Gasteiger partial charge in [-0.3, -0.25) is 0 Å². The van der Waals surface area contributed by atoms with E-state index < -0.39 is 16.1 Å². The Kier molecular flexibility index (Phi) is 8.96. The summed E-state index contributed by atoms with van der Waals surface area (Å²) in [5.41, 5.74) is 6.43. The van der Waals surface area contributed by atoms with Crippen LogP contribution in [0.5, 0.6) is 11.5 Å². The Bertz CT molecular complexity index is 1340. The van der Waals surface area contributed by atoms with Gasteiger partial charge in [0.05, 0.1) is 18.5 Å². The molecule has 39 heavy (non-hydrogen) atoms. The van der Waals surface area contributed by atoms with Gasteiger partial charge in [-0.05, 0) is 41.9 Å². The number of rotatable bonds is 13. The molecule has 0 saturated heterocycles. The van der Waals surface area contributed by atoms with Gasteiger partial charge in [-0.25, -0.2) is 9.67 Å². The van der Waals surface area contributed by atoms with Crippen LogP contribution in [0.15, 0.2) is 30.5 Å². The van der Waals surface area contributed by atoms with E-state index in [1.807, 2.05) is 22.9 Å². The molecule has 8 nitrogen and oxygen atoms in total. The molecule has 0 atom stereocenters. The highest BCUT2D eigenvalue weighted by Gasteiger charge is 2.30. The van der Waals surface area contributed by atoms with Crippen LogP contribution in [0, 0.1) is 11.3 Å². The molecule has 4 rings (SSSR count). The van der Waals surface area contributed by atoms with Crippen molar-refractivity contribution in [3.63, 3.8) is 0 Å². The van der Waals surface area contributed by atoms with E-state index in [-0.39, 0.29) is 6.79 Å². The smallest absolute Gasteiger partial charge is 0.189 e. The van der Waals surface area contributed by atoms with Gasteiger partial charge in [0.25, 0.3) is 0 Å². The fraction of sp³-hybridized carbons (Fsp3) is 0.483. The average molecular weight is 565 g/mol. The molecular weight excluding hydrogens is 525 g/mol. The molecule has 3 aromatic rings. The van der Waals surface area contributed by atoms with Crippen molar-refractivity contribution in [2.45, 2.75) is 64.5 Å². The van der Waals surface area contributed by atoms with Crippen molar-refractivity contribution in [3.05, 3.63) is 47.3 Å². The fourth-order valence-electron chi connectivity index (χ4n) is 4.40. The Balaban J connectivity index is 1.61. The summed E-state index contributed by atoms with van der Waals surface area (Å²) in [5.74, 6) is 1.33. The summed E-state index contributed by atoms with van der Waals surface area (Å²) in [6.45, 7) is 16.0. The molecule has 0 fully saturated rings. The molecule has 0 radical (unpaired) electrons. The number of ether oxygens (including phenoxy) is 4. The number of fused-ring (bicyclic) bond motifs is 3. The van der Waals surface area contributed by atoms with Crippen molar-refractivity contribution in [2.75, 3.05) is 27.1 Å². The van der Waals surface area contributed by atoms with Gasteiger partial charge in [-0.2, -0.15) is 10.4 Å². The Morgan fingerprint density at radius 2 is 1.69 bits per heavy atom. The van der Waals surface area contributed by atoms with Crippen molar-refractivity contribution in [3.8, 4) is 40.1 Å². The van der Waals surface area contributed by atoms with Crippen LogP contribution in [0.3, 0.4) is 0 Å². The molecule has 2 aromatic heterocycles. The minimum absolute atomic E-state index is 0.188. The molecule has 0 amide bonds. The topological polar surface area (TPSA) is 91.4 Å². The Labute approximate surface area is 233 Å². The summed E-state index contributed by atoms with van der Waals surface area (Å²) in [4.78, 5) is 4.28. The van der Waals surface area contributed by atoms with Crippen molar-refractivity contribution < 1.29 is 18.9 Å². The lowest BCUT2D eigenvalue weighted by Gasteiger charge is -2.17. The van der Waals surface area contributed by atoms with Gasteiger partial charge in [0.15, 0.2) is 18.3 Å². The predicted molar refractivity (Wildman–Crippen MR) is 159 cm³/mol. The van der Waals surface area contributed by atoms with Gasteiger partial charge >= 0.3 is 0 Å². The van der Waals surface area contributed by atoms with Crippen LogP contribution in [0.2, 0.25) is 51.4 Å². The van der Waals surface area contributed by atoms with Crippen LogP contribution in [-0.2, 0) is 22.6 Å². The monoisotopic (exact) mass is 564 g/mol. The third-order valence-corrected chi connectivity index (χ3v) is 10.1. The number of pyridine rings is 1. The molecule has 1 aliphatic carbocycles. The zero-order chi connectivity index (χ0) is 28.2. The van der Waals surface area contributed by atoms with Crippen molar-refractivity contribution in [2.24, 2.45) is 0 Å². The van der Waals surface area contributed by atoms with Gasteiger partial charge in [0.2, 0.25) is 0 Å². The van der Waals surface area contributed by atoms with Gasteiger partial charge in [0.1, 0.15) is 18.5 Å². The lowest BCUT2D eigenvalue weighted by Crippen LogP contribution is -2.22. The summed E-state index contributed by atoms with van der Waals surface area (Å²) in [6, 6.07) is 12.0. The summed E-state index contributed by atoms with van der Waals surface area (Å²) < 4.78 is 25.6. The molecule has 0 bridgehead atoms. The summed E-state index contributed by atoms with van der Waals surface area (Å²) in [5, 5.41) is 14.1. The molecule has 2 heterocycles. The number of nitrogens with zero attached hydrogens (tertiary/aromatic N) is 4. The maximum absolute atomic E-state index is 9.18. The van der Waals surface area contributed by atoms with Crippen LogP contribution in [-0.4, -0.2) is 58.0 Å². The standard InChI is InChI=1S/C29H40N4O4Si2/c1-34-26-16-24-22(15-27(26)37-20-36-11-13-39(5,6)7)14-25-28(21-8-9-23(17-30)31-18-21)32-33(29(24)25)19-35-10-12-38(2,3)4/h8-9,15-16,18H,10-14,19-20H2,1-7H3. The lowest BCUT2D eigenvalue weighted by molar-refractivity contribution is 0.0205. The SMILES string of the molecule is COc1cc2c(cc1OCOCC[Si](C)(C)C)Cc1c(-c3ccc(C#N)nc3)nn(COCC[Si](C)(C)C)c1-2. The van der Waals surface area contributed by atoms with Gasteiger partial charge < -0.3 is 18.9 Å². The third-order valence-electron chi connectivity index (χ3n) is 6.72. The van der Waals surface area contributed by atoms with Crippen LogP contribution < -0.4 is 9.47 Å². The second-order valence-electron chi connectivity index (χ2n) is 12.4. The van der Waals surface area contributed by atoms with Gasteiger partial charge in [-0.15, -0.1) is 0 Å². The van der Waals surface area contributed by atoms with Crippen LogP contribution in [0.4, 0.5) is 0 Å². The van der Waals surface area contributed by atoms with E-state index in [9.17, 15) is 5.26 Å². The first-order chi connectivity index (χ1) is 18.5. The van der Waals surface area contributed by atoms with E-state index >= 15 is 0 Å². The molecule has 0 N–H and O–H groups in total. The fourth-order valence-corrected chi connectivity index (χ4v) is 5.91. The second-order valence-corrected chi connectivity index (χ2v) is 23.6. The maximum atomic E-state index is 9.18. The zero-order valence-corrected chi connectivity index (χ0v) is 26.3. The molecule has 0 saturated carbocycles. The number of hydrogen-bond donors (Lipinski definition) is 0. The van der Waals surface area contributed by atoms with E-state index in [4.69, 9.17) is 24.0 Å². The first-order valence-corrected chi connectivity index (χ1v) is 20.9. The highest BCUT2D eigenvalue weighted by Crippen LogP contribution is 2.46. The minimum Gasteiger partial charge on any atom is -0.493 e. The van der Waals surface area contributed by atoms with E-state index in [1.54, 1.807) is 19.4 Å². The molecule has 208 valence electrons. The summed E-state index contributed by atoms with van der Waals surface area (Å²) in [7, 11) is -0.704. The number of methoxy groups -OCH3 is 1. The van der Waals surface area contributed by atoms with E-state index in [0.29, 0.717) is 43.6 Å². The van der Waals surface area contributed by atoms with Crippen LogP contribution in [0.25, 0.3) is 22.5 Å². The van der Waals surface area contributed by atoms with E-state index in [2.05, 4.69) is 50.3 Å². The zero-order valence-electron chi connectivity index (χ0n) is 24.3. The van der Waals surface area contributed by atoms with Gasteiger partial charge in [0, 0.05) is 58.7 Å². The van der Waals surface area contributed by atoms with Crippen molar-refractivity contribution >= 4 is 16.1 Å². The summed E-state index contributed by atoms with van der Waals surface area (Å²) in [6.07, 6.45) is 2.42. The van der Waals surface area contributed by atoms with Crippen molar-refractivity contribution in [1.29, 1.82) is 5.26 Å². The molecule has 1 aromatic carbocycles. The molecule has 10 heteroatoms. The molecule has 0 spiro atoms. The normalized spacial score (nSPS) is 12.7. The Morgan fingerprint density at radius 1 is 0.974 bits per heavy atom. The quantitative estimate of drug-likeness (QED) is 0.105. The Morgan fingerprint density at radius 3 is 2.31 bits per heavy atom. The van der Waals surface area contributed by atoms with Crippen molar-refractivity contribution in [1.82, 2.24) is 14.8 Å². The van der Waals surface area contributed by atoms with Crippen LogP contribution >= 0.6 is 0 Å². The number of aromatic nitrogens is 3. The highest BCUT2D eigenvalue weighted by molar-refractivity contribution is 6.76. The molecule has 0 unspecified atom stereocenters. The number of hydrogen-bond acceptors (Lipinski definition) is 7. The first-order valence-electron chi connectivity index (χ1n) is 13.4. The number of nitriles is 1. The molecular formula is C29H40N4O4Si2. The molecule has 0 aliphatic heterocycles. The number of benzene rings is 1. The van der Waals surface area contributed by atoms with Gasteiger partial charge in [-0.1, -0.05) is 39.3 Å². The lowest BCUT2D eigenvalue weighted by atomic mass is 10.1. The predicted octanol–water partition coefficient (Wildman–Crippen LogP) is 6.40. The second kappa shape index (κ2) is 12.0. The highest BCUT2D eigenvalue weighted by atomic mass is 28.3. The maximum Gasteiger partial charge on any atom is 0.189 e. The summed E-state index contributed by atoms with van der Waals surface area (Å²) >= 11 is 0. The van der Waals surface area contributed by atoms with Crippen LogP contribution in [0.1, 0.15) is 16.8 Å². The Hall–Kier alpha value is -2.98. The molecule has 1 aliphatic rings. The first kappa shape index (κ1) is 29.0.